The molecule has 106 valence electrons. The number of hydrogen-bond donors (Lipinski definition) is 1. The molecule has 2 rings (SSSR count). The van der Waals surface area contributed by atoms with E-state index in [1.807, 2.05) is 0 Å². The van der Waals surface area contributed by atoms with Gasteiger partial charge in [0.2, 0.25) is 0 Å². The topological polar surface area (TPSA) is 77.8 Å². The standard InChI is InChI=1S/C14H15NO5/c1-15-10-7-12(20-3)11(19-2)5-8(10)4-9(14(15)18)6-13(16)17/h4-5,7H,6H2,1-3H3,(H,16,17). The zero-order chi connectivity index (χ0) is 14.9. The molecular formula is C14H15NO5. The number of pyridine rings is 1. The van der Waals surface area contributed by atoms with Gasteiger partial charge in [0.15, 0.2) is 11.5 Å². The Morgan fingerprint density at radius 2 is 1.80 bits per heavy atom. The van der Waals surface area contributed by atoms with Crippen molar-refractivity contribution in [1.29, 1.82) is 0 Å². The van der Waals surface area contributed by atoms with E-state index in [9.17, 15) is 9.59 Å². The SMILES string of the molecule is COc1cc2cc(CC(=O)O)c(=O)n(C)c2cc1OC. The largest absolute Gasteiger partial charge is 0.493 e. The molecule has 0 radical (unpaired) electrons. The van der Waals surface area contributed by atoms with Crippen LogP contribution < -0.4 is 15.0 Å². The Balaban J connectivity index is 2.76. The zero-order valence-corrected chi connectivity index (χ0v) is 11.5. The van der Waals surface area contributed by atoms with Gasteiger partial charge in [-0.25, -0.2) is 0 Å². The van der Waals surface area contributed by atoms with Crippen LogP contribution in [0.2, 0.25) is 0 Å². The lowest BCUT2D eigenvalue weighted by Crippen LogP contribution is -2.23. The fraction of sp³-hybridized carbons (Fsp3) is 0.286. The summed E-state index contributed by atoms with van der Waals surface area (Å²) in [6.07, 6.45) is -0.309. The maximum absolute atomic E-state index is 12.1. The smallest absolute Gasteiger partial charge is 0.308 e. The van der Waals surface area contributed by atoms with E-state index < -0.39 is 5.97 Å². The Morgan fingerprint density at radius 3 is 2.35 bits per heavy atom. The van der Waals surface area contributed by atoms with Crippen LogP contribution in [0.4, 0.5) is 0 Å². The maximum Gasteiger partial charge on any atom is 0.308 e. The summed E-state index contributed by atoms with van der Waals surface area (Å²) in [7, 11) is 4.63. The molecule has 1 aromatic carbocycles. The molecule has 1 aromatic heterocycles. The Labute approximate surface area is 115 Å². The van der Waals surface area contributed by atoms with Crippen LogP contribution in [0, 0.1) is 0 Å². The van der Waals surface area contributed by atoms with Gasteiger partial charge in [0.05, 0.1) is 26.2 Å². The van der Waals surface area contributed by atoms with E-state index in [4.69, 9.17) is 14.6 Å². The number of aryl methyl sites for hydroxylation is 1. The summed E-state index contributed by atoms with van der Waals surface area (Å²) in [5.41, 5.74) is 0.564. The summed E-state index contributed by atoms with van der Waals surface area (Å²) in [6, 6.07) is 4.99. The molecule has 0 saturated heterocycles. The second-order valence-corrected chi connectivity index (χ2v) is 4.37. The van der Waals surface area contributed by atoms with Crippen LogP contribution in [-0.4, -0.2) is 29.9 Å². The summed E-state index contributed by atoms with van der Waals surface area (Å²) < 4.78 is 11.8. The number of aliphatic carboxylic acids is 1. The quantitative estimate of drug-likeness (QED) is 0.908. The molecular weight excluding hydrogens is 262 g/mol. The van der Waals surface area contributed by atoms with Crippen LogP contribution in [0.5, 0.6) is 11.5 Å². The van der Waals surface area contributed by atoms with Gasteiger partial charge in [-0.15, -0.1) is 0 Å². The van der Waals surface area contributed by atoms with E-state index >= 15 is 0 Å². The highest BCUT2D eigenvalue weighted by Crippen LogP contribution is 2.31. The zero-order valence-electron chi connectivity index (χ0n) is 11.5. The fourth-order valence-electron chi connectivity index (χ4n) is 2.15. The van der Waals surface area contributed by atoms with Crippen LogP contribution in [0.3, 0.4) is 0 Å². The predicted molar refractivity (Wildman–Crippen MR) is 73.6 cm³/mol. The predicted octanol–water partition coefficient (Wildman–Crippen LogP) is 1.18. The van der Waals surface area contributed by atoms with Gasteiger partial charge in [0.25, 0.3) is 5.56 Å². The number of rotatable bonds is 4. The minimum atomic E-state index is -1.04. The normalized spacial score (nSPS) is 10.6. The molecule has 0 saturated carbocycles. The van der Waals surface area contributed by atoms with Crippen molar-refractivity contribution in [3.63, 3.8) is 0 Å². The van der Waals surface area contributed by atoms with Crippen LogP contribution in [0.1, 0.15) is 5.56 Å². The van der Waals surface area contributed by atoms with E-state index in [0.29, 0.717) is 17.0 Å². The highest BCUT2D eigenvalue weighted by molar-refractivity contribution is 5.84. The Bertz CT molecular complexity index is 732. The van der Waals surface area contributed by atoms with Crippen LogP contribution in [0.25, 0.3) is 10.9 Å². The molecule has 1 N–H and O–H groups in total. The third kappa shape index (κ3) is 2.32. The number of fused-ring (bicyclic) bond motifs is 1. The number of carboxylic acids is 1. The number of nitrogens with zero attached hydrogens (tertiary/aromatic N) is 1. The highest BCUT2D eigenvalue weighted by atomic mass is 16.5. The number of hydrogen-bond acceptors (Lipinski definition) is 4. The Morgan fingerprint density at radius 1 is 1.20 bits per heavy atom. The summed E-state index contributed by atoms with van der Waals surface area (Å²) in [6.45, 7) is 0. The summed E-state index contributed by atoms with van der Waals surface area (Å²) in [5.74, 6) is 0.00263. The van der Waals surface area contributed by atoms with E-state index in [1.54, 1.807) is 25.2 Å². The number of ether oxygens (including phenoxy) is 2. The van der Waals surface area contributed by atoms with Gasteiger partial charge in [-0.05, 0) is 12.1 Å². The third-order valence-corrected chi connectivity index (χ3v) is 3.14. The minimum absolute atomic E-state index is 0.236. The number of benzene rings is 1. The summed E-state index contributed by atoms with van der Waals surface area (Å²) in [5, 5.41) is 9.57. The molecule has 0 aliphatic carbocycles. The van der Waals surface area contributed by atoms with E-state index in [-0.39, 0.29) is 17.5 Å². The van der Waals surface area contributed by atoms with Gasteiger partial charge < -0.3 is 19.1 Å². The number of carboxylic acid groups (broad SMARTS) is 1. The average molecular weight is 277 g/mol. The highest BCUT2D eigenvalue weighted by Gasteiger charge is 2.13. The first-order chi connectivity index (χ1) is 9.47. The third-order valence-electron chi connectivity index (χ3n) is 3.14. The minimum Gasteiger partial charge on any atom is -0.493 e. The van der Waals surface area contributed by atoms with Crippen molar-refractivity contribution in [2.75, 3.05) is 14.2 Å². The molecule has 0 spiro atoms. The van der Waals surface area contributed by atoms with E-state index in [1.165, 1.54) is 18.8 Å². The van der Waals surface area contributed by atoms with Crippen LogP contribution >= 0.6 is 0 Å². The Hall–Kier alpha value is -2.50. The summed E-state index contributed by atoms with van der Waals surface area (Å²) in [4.78, 5) is 22.9. The lowest BCUT2D eigenvalue weighted by atomic mass is 10.1. The maximum atomic E-state index is 12.1. The van der Waals surface area contributed by atoms with Crippen molar-refractivity contribution >= 4 is 16.9 Å². The lowest BCUT2D eigenvalue weighted by Gasteiger charge is -2.12. The summed E-state index contributed by atoms with van der Waals surface area (Å²) >= 11 is 0. The van der Waals surface area contributed by atoms with Crippen molar-refractivity contribution in [2.45, 2.75) is 6.42 Å². The monoisotopic (exact) mass is 277 g/mol. The molecule has 20 heavy (non-hydrogen) atoms. The average Bonchev–Trinajstić information content (AvgIpc) is 2.42. The van der Waals surface area contributed by atoms with Crippen molar-refractivity contribution < 1.29 is 19.4 Å². The van der Waals surface area contributed by atoms with Crippen molar-refractivity contribution in [3.8, 4) is 11.5 Å². The molecule has 1 heterocycles. The molecule has 6 heteroatoms. The van der Waals surface area contributed by atoms with Gasteiger partial charge in [0, 0.05) is 24.1 Å². The second kappa shape index (κ2) is 5.24. The fourth-order valence-corrected chi connectivity index (χ4v) is 2.15. The number of aromatic nitrogens is 1. The molecule has 2 aromatic rings. The van der Waals surface area contributed by atoms with Crippen molar-refractivity contribution in [1.82, 2.24) is 4.57 Å². The van der Waals surface area contributed by atoms with Gasteiger partial charge >= 0.3 is 5.97 Å². The molecule has 6 nitrogen and oxygen atoms in total. The van der Waals surface area contributed by atoms with Gasteiger partial charge in [-0.3, -0.25) is 9.59 Å². The molecule has 0 atom stereocenters. The van der Waals surface area contributed by atoms with Crippen LogP contribution in [0.15, 0.2) is 23.0 Å². The molecule has 0 aliphatic heterocycles. The van der Waals surface area contributed by atoms with Gasteiger partial charge in [-0.2, -0.15) is 0 Å². The first-order valence-electron chi connectivity index (χ1n) is 5.94. The van der Waals surface area contributed by atoms with E-state index in [2.05, 4.69) is 0 Å². The molecule has 0 bridgehead atoms. The first kappa shape index (κ1) is 13.9. The second-order valence-electron chi connectivity index (χ2n) is 4.37. The molecule has 0 amide bonds. The molecule has 0 fully saturated rings. The van der Waals surface area contributed by atoms with Crippen LogP contribution in [-0.2, 0) is 18.3 Å². The van der Waals surface area contributed by atoms with Gasteiger partial charge in [0.1, 0.15) is 0 Å². The lowest BCUT2D eigenvalue weighted by molar-refractivity contribution is -0.136. The van der Waals surface area contributed by atoms with Crippen molar-refractivity contribution in [3.05, 3.63) is 34.1 Å². The Kier molecular flexibility index (Phi) is 3.65. The number of carbonyl (C=O) groups is 1. The molecule has 0 unspecified atom stereocenters. The molecule has 0 aliphatic rings. The van der Waals surface area contributed by atoms with E-state index in [0.717, 1.165) is 5.39 Å². The van der Waals surface area contributed by atoms with Crippen molar-refractivity contribution in [2.24, 2.45) is 7.05 Å². The number of methoxy groups -OCH3 is 2. The first-order valence-corrected chi connectivity index (χ1v) is 5.94. The van der Waals surface area contributed by atoms with Gasteiger partial charge in [-0.1, -0.05) is 0 Å².